The number of ether oxygens (including phenoxy) is 2. The lowest BCUT2D eigenvalue weighted by atomic mass is 9.99. The van der Waals surface area contributed by atoms with Gasteiger partial charge in [0.1, 0.15) is 24.4 Å². The third-order valence-corrected chi connectivity index (χ3v) is 8.26. The summed E-state index contributed by atoms with van der Waals surface area (Å²) in [4.78, 5) is 12.8. The molecule has 7 atom stereocenters. The van der Waals surface area contributed by atoms with Crippen molar-refractivity contribution in [1.29, 1.82) is 0 Å². The molecule has 1 rings (SSSR count). The summed E-state index contributed by atoms with van der Waals surface area (Å²) in [6.45, 7) is 3.54. The molecule has 1 heterocycles. The molecule has 0 aromatic carbocycles. The molecule has 0 aromatic heterocycles. The maximum absolute atomic E-state index is 12.8. The predicted octanol–water partition coefficient (Wildman–Crippen LogP) is 6.27. The third kappa shape index (κ3) is 22.1. The van der Waals surface area contributed by atoms with Gasteiger partial charge in [0, 0.05) is 6.42 Å². The minimum atomic E-state index is -1.58. The normalized spacial score (nSPS) is 23.3. The van der Waals surface area contributed by atoms with Gasteiger partial charge in [-0.05, 0) is 70.6 Å². The largest absolute Gasteiger partial charge is 0.394 e. The molecule has 0 spiro atoms. The zero-order valence-electron chi connectivity index (χ0n) is 30.2. The van der Waals surface area contributed by atoms with E-state index in [2.05, 4.69) is 79.9 Å². The second kappa shape index (κ2) is 30.5. The van der Waals surface area contributed by atoms with E-state index in [1.807, 2.05) is 6.08 Å². The molecule has 1 amide bonds. The fourth-order valence-corrected chi connectivity index (χ4v) is 5.22. The molecule has 1 fully saturated rings. The fourth-order valence-electron chi connectivity index (χ4n) is 5.22. The zero-order valence-corrected chi connectivity index (χ0v) is 30.2. The number of allylic oxidation sites excluding steroid dienone is 11. The van der Waals surface area contributed by atoms with E-state index >= 15 is 0 Å². The summed E-state index contributed by atoms with van der Waals surface area (Å²) in [6.07, 6.45) is 32.4. The van der Waals surface area contributed by atoms with Crippen LogP contribution in [-0.2, 0) is 14.3 Å². The minimum absolute atomic E-state index is 0.222. The third-order valence-electron chi connectivity index (χ3n) is 8.26. The fraction of sp³-hybridized carbons (Fsp3) is 0.675. The first kappa shape index (κ1) is 44.7. The highest BCUT2D eigenvalue weighted by atomic mass is 16.7. The van der Waals surface area contributed by atoms with Crippen LogP contribution in [0.2, 0.25) is 0 Å². The molecule has 6 N–H and O–H groups in total. The van der Waals surface area contributed by atoms with E-state index in [0.717, 1.165) is 57.8 Å². The molecular formula is C40H67NO8. The summed E-state index contributed by atoms with van der Waals surface area (Å²) in [6, 6.07) is -0.843. The maximum Gasteiger partial charge on any atom is 0.220 e. The van der Waals surface area contributed by atoms with E-state index in [-0.39, 0.29) is 18.9 Å². The summed E-state index contributed by atoms with van der Waals surface area (Å²) in [5.74, 6) is -0.234. The highest BCUT2D eigenvalue weighted by Gasteiger charge is 2.44. The number of hydrogen-bond donors (Lipinski definition) is 6. The van der Waals surface area contributed by atoms with Crippen molar-refractivity contribution in [1.82, 2.24) is 5.32 Å². The standard InChI is InChI=1S/C40H67NO8/c1-3-5-7-9-11-13-15-16-17-18-20-22-24-26-28-30-36(44)41-33(32-48-40-39(47)38(46)37(45)35(31-42)49-40)34(43)29-27-25-23-21-19-14-12-10-8-6-4-2/h5,7,11,13,16-17,19-22,27,29,33-35,37-40,42-43,45-47H,3-4,6,8-10,12,14-15,18,23-26,28,30-32H2,1-2H3,(H,41,44)/b7-5-,13-11-,17-16-,21-19+,22-20-,29-27+. The minimum Gasteiger partial charge on any atom is -0.394 e. The lowest BCUT2D eigenvalue weighted by Crippen LogP contribution is -2.60. The lowest BCUT2D eigenvalue weighted by molar-refractivity contribution is -0.302. The van der Waals surface area contributed by atoms with Crippen LogP contribution in [0.5, 0.6) is 0 Å². The second-order valence-electron chi connectivity index (χ2n) is 12.6. The van der Waals surface area contributed by atoms with Gasteiger partial charge in [0.25, 0.3) is 0 Å². The molecule has 49 heavy (non-hydrogen) atoms. The highest BCUT2D eigenvalue weighted by Crippen LogP contribution is 2.22. The molecule has 9 heteroatoms. The number of unbranched alkanes of at least 4 members (excludes halogenated alkanes) is 8. The first-order valence-corrected chi connectivity index (χ1v) is 18.7. The van der Waals surface area contributed by atoms with Crippen molar-refractivity contribution in [2.45, 2.75) is 159 Å². The van der Waals surface area contributed by atoms with Gasteiger partial charge in [-0.1, -0.05) is 112 Å². The summed E-state index contributed by atoms with van der Waals surface area (Å²) >= 11 is 0. The molecule has 1 aliphatic heterocycles. The molecule has 7 unspecified atom stereocenters. The van der Waals surface area contributed by atoms with E-state index < -0.39 is 49.5 Å². The Morgan fingerprint density at radius 1 is 0.714 bits per heavy atom. The van der Waals surface area contributed by atoms with E-state index in [9.17, 15) is 30.3 Å². The predicted molar refractivity (Wildman–Crippen MR) is 198 cm³/mol. The van der Waals surface area contributed by atoms with Crippen LogP contribution in [0.4, 0.5) is 0 Å². The summed E-state index contributed by atoms with van der Waals surface area (Å²) in [5.41, 5.74) is 0. The summed E-state index contributed by atoms with van der Waals surface area (Å²) in [5, 5.41) is 53.8. The Morgan fingerprint density at radius 3 is 1.94 bits per heavy atom. The average Bonchev–Trinajstić information content (AvgIpc) is 3.10. The highest BCUT2D eigenvalue weighted by molar-refractivity contribution is 5.76. The second-order valence-corrected chi connectivity index (χ2v) is 12.6. The van der Waals surface area contributed by atoms with Gasteiger partial charge in [0.15, 0.2) is 6.29 Å². The topological polar surface area (TPSA) is 149 Å². The van der Waals surface area contributed by atoms with Gasteiger partial charge >= 0.3 is 0 Å². The van der Waals surface area contributed by atoms with Gasteiger partial charge in [-0.25, -0.2) is 0 Å². The number of carbonyl (C=O) groups is 1. The molecule has 1 saturated heterocycles. The van der Waals surface area contributed by atoms with Gasteiger partial charge in [-0.15, -0.1) is 0 Å². The van der Waals surface area contributed by atoms with Crippen LogP contribution in [0.15, 0.2) is 72.9 Å². The molecule has 0 bridgehead atoms. The Kier molecular flexibility index (Phi) is 27.8. The molecular weight excluding hydrogens is 622 g/mol. The number of rotatable bonds is 28. The van der Waals surface area contributed by atoms with Gasteiger partial charge in [-0.2, -0.15) is 0 Å². The van der Waals surface area contributed by atoms with Crippen molar-refractivity contribution in [2.75, 3.05) is 13.2 Å². The number of carbonyl (C=O) groups excluding carboxylic acids is 1. The van der Waals surface area contributed by atoms with Gasteiger partial charge in [0.05, 0.1) is 25.4 Å². The van der Waals surface area contributed by atoms with Crippen molar-refractivity contribution in [3.63, 3.8) is 0 Å². The van der Waals surface area contributed by atoms with Gasteiger partial charge in [0.2, 0.25) is 5.91 Å². The Balaban J connectivity index is 2.54. The van der Waals surface area contributed by atoms with Crippen molar-refractivity contribution >= 4 is 5.91 Å². The maximum atomic E-state index is 12.8. The smallest absolute Gasteiger partial charge is 0.220 e. The summed E-state index contributed by atoms with van der Waals surface area (Å²) < 4.78 is 11.1. The number of aliphatic hydroxyl groups is 5. The van der Waals surface area contributed by atoms with Crippen LogP contribution in [0, 0.1) is 0 Å². The van der Waals surface area contributed by atoms with Crippen LogP contribution >= 0.6 is 0 Å². The molecule has 0 aromatic rings. The van der Waals surface area contributed by atoms with Crippen LogP contribution in [-0.4, -0.2) is 87.5 Å². The monoisotopic (exact) mass is 689 g/mol. The van der Waals surface area contributed by atoms with Crippen LogP contribution < -0.4 is 5.32 Å². The van der Waals surface area contributed by atoms with Crippen molar-refractivity contribution in [3.05, 3.63) is 72.9 Å². The molecule has 280 valence electrons. The van der Waals surface area contributed by atoms with Crippen molar-refractivity contribution < 1.29 is 39.8 Å². The Labute approximate surface area is 296 Å². The van der Waals surface area contributed by atoms with Crippen molar-refractivity contribution in [3.8, 4) is 0 Å². The van der Waals surface area contributed by atoms with Gasteiger partial charge in [-0.3, -0.25) is 4.79 Å². The molecule has 0 radical (unpaired) electrons. The van der Waals surface area contributed by atoms with Crippen molar-refractivity contribution in [2.24, 2.45) is 0 Å². The number of hydrogen-bond acceptors (Lipinski definition) is 8. The number of aliphatic hydroxyl groups excluding tert-OH is 5. The lowest BCUT2D eigenvalue weighted by Gasteiger charge is -2.40. The average molecular weight is 690 g/mol. The summed E-state index contributed by atoms with van der Waals surface area (Å²) in [7, 11) is 0. The molecule has 9 nitrogen and oxygen atoms in total. The van der Waals surface area contributed by atoms with Crippen LogP contribution in [0.25, 0.3) is 0 Å². The van der Waals surface area contributed by atoms with E-state index in [0.29, 0.717) is 6.42 Å². The van der Waals surface area contributed by atoms with Gasteiger partial charge < -0.3 is 40.3 Å². The zero-order chi connectivity index (χ0) is 36.0. The number of nitrogens with one attached hydrogen (secondary N) is 1. The molecule has 1 aliphatic rings. The van der Waals surface area contributed by atoms with E-state index in [1.54, 1.807) is 6.08 Å². The van der Waals surface area contributed by atoms with E-state index in [1.165, 1.54) is 32.1 Å². The Bertz CT molecular complexity index is 989. The first-order chi connectivity index (χ1) is 23.8. The quantitative estimate of drug-likeness (QED) is 0.0416. The first-order valence-electron chi connectivity index (χ1n) is 18.7. The van der Waals surface area contributed by atoms with E-state index in [4.69, 9.17) is 9.47 Å². The van der Waals surface area contributed by atoms with Crippen LogP contribution in [0.1, 0.15) is 117 Å². The Morgan fingerprint density at radius 2 is 1.29 bits per heavy atom. The SMILES string of the molecule is CC/C=C\C/C=C\C/C=C\C/C=C\CCCCC(=O)NC(COC1OC(CO)C(O)C(O)C1O)C(O)/C=C/CC/C=C/CCCCCCC. The van der Waals surface area contributed by atoms with Crippen LogP contribution in [0.3, 0.4) is 0 Å². The molecule has 0 saturated carbocycles. The Hall–Kier alpha value is -2.37. The molecule has 0 aliphatic carbocycles. The number of amides is 1.